The molecule has 0 fully saturated rings. The average molecular weight is 277 g/mol. The van der Waals surface area contributed by atoms with E-state index in [2.05, 4.69) is 10.6 Å². The van der Waals surface area contributed by atoms with E-state index >= 15 is 0 Å². The third kappa shape index (κ3) is 5.01. The molecule has 20 heavy (non-hydrogen) atoms. The first-order valence-electron chi connectivity index (χ1n) is 6.86. The molecule has 0 spiro atoms. The Bertz CT molecular complexity index is 472. The van der Waals surface area contributed by atoms with E-state index in [1.54, 1.807) is 24.3 Å². The monoisotopic (exact) mass is 277 g/mol. The third-order valence-electron chi connectivity index (χ3n) is 2.97. The van der Waals surface area contributed by atoms with E-state index in [0.29, 0.717) is 24.3 Å². The van der Waals surface area contributed by atoms with Crippen LogP contribution in [-0.4, -0.2) is 18.4 Å². The molecule has 0 saturated heterocycles. The van der Waals surface area contributed by atoms with Crippen LogP contribution in [-0.2, 0) is 9.59 Å². The number of amides is 2. The maximum absolute atomic E-state index is 11.9. The quantitative estimate of drug-likeness (QED) is 0.745. The molecule has 5 heteroatoms. The molecule has 1 unspecified atom stereocenters. The minimum atomic E-state index is -0.131. The molecule has 1 atom stereocenters. The Morgan fingerprint density at radius 2 is 1.65 bits per heavy atom. The Morgan fingerprint density at radius 3 is 2.15 bits per heavy atom. The maximum Gasteiger partial charge on any atom is 0.227 e. The smallest absolute Gasteiger partial charge is 0.227 e. The van der Waals surface area contributed by atoms with Crippen molar-refractivity contribution in [3.8, 4) is 0 Å². The van der Waals surface area contributed by atoms with Gasteiger partial charge in [-0.2, -0.15) is 0 Å². The number of nitrogens with two attached hydrogens (primary N) is 1. The van der Waals surface area contributed by atoms with E-state index in [0.717, 1.165) is 0 Å². The summed E-state index contributed by atoms with van der Waals surface area (Å²) < 4.78 is 0. The lowest BCUT2D eigenvalue weighted by atomic mass is 10.1. The zero-order valence-corrected chi connectivity index (χ0v) is 12.3. The Kier molecular flexibility index (Phi) is 6.18. The fourth-order valence-corrected chi connectivity index (χ4v) is 1.61. The van der Waals surface area contributed by atoms with Gasteiger partial charge in [-0.3, -0.25) is 9.59 Å². The van der Waals surface area contributed by atoms with Gasteiger partial charge in [0, 0.05) is 23.2 Å². The van der Waals surface area contributed by atoms with Gasteiger partial charge < -0.3 is 16.4 Å². The van der Waals surface area contributed by atoms with Crippen molar-refractivity contribution in [3.63, 3.8) is 0 Å². The molecule has 4 N–H and O–H groups in total. The van der Waals surface area contributed by atoms with Crippen LogP contribution in [0.15, 0.2) is 24.3 Å². The van der Waals surface area contributed by atoms with Crippen molar-refractivity contribution in [3.05, 3.63) is 24.3 Å². The second kappa shape index (κ2) is 7.65. The molecular weight excluding hydrogens is 254 g/mol. The Hall–Kier alpha value is -1.88. The lowest BCUT2D eigenvalue weighted by molar-refractivity contribution is -0.120. The van der Waals surface area contributed by atoms with Gasteiger partial charge in [0.25, 0.3) is 0 Å². The number of benzene rings is 1. The summed E-state index contributed by atoms with van der Waals surface area (Å²) in [5.41, 5.74) is 6.78. The molecule has 1 aromatic carbocycles. The van der Waals surface area contributed by atoms with E-state index < -0.39 is 0 Å². The number of hydrogen-bond donors (Lipinski definition) is 3. The summed E-state index contributed by atoms with van der Waals surface area (Å²) in [7, 11) is 0. The van der Waals surface area contributed by atoms with Gasteiger partial charge in [-0.05, 0) is 31.2 Å². The van der Waals surface area contributed by atoms with Crippen molar-refractivity contribution in [2.45, 2.75) is 27.2 Å². The van der Waals surface area contributed by atoms with Gasteiger partial charge in [0.2, 0.25) is 11.8 Å². The molecule has 0 saturated carbocycles. The van der Waals surface area contributed by atoms with Crippen LogP contribution in [0.3, 0.4) is 0 Å². The van der Waals surface area contributed by atoms with Gasteiger partial charge >= 0.3 is 0 Å². The zero-order chi connectivity index (χ0) is 15.1. The van der Waals surface area contributed by atoms with Gasteiger partial charge in [-0.25, -0.2) is 0 Å². The second-order valence-electron chi connectivity index (χ2n) is 5.19. The van der Waals surface area contributed by atoms with Crippen LogP contribution < -0.4 is 16.4 Å². The SMILES string of the molecule is CC(C)C(=O)Nc1cccc(NC(=O)C(C)CCN)c1. The molecule has 1 rings (SSSR count). The molecule has 0 aliphatic rings. The largest absolute Gasteiger partial charge is 0.330 e. The van der Waals surface area contributed by atoms with Gasteiger partial charge in [-0.1, -0.05) is 26.8 Å². The highest BCUT2D eigenvalue weighted by Crippen LogP contribution is 2.17. The van der Waals surface area contributed by atoms with Crippen LogP contribution in [0.25, 0.3) is 0 Å². The van der Waals surface area contributed by atoms with E-state index in [4.69, 9.17) is 5.73 Å². The number of anilines is 2. The van der Waals surface area contributed by atoms with Gasteiger partial charge in [0.1, 0.15) is 0 Å². The molecule has 0 heterocycles. The van der Waals surface area contributed by atoms with Gasteiger partial charge in [0.05, 0.1) is 0 Å². The normalized spacial score (nSPS) is 12.1. The van der Waals surface area contributed by atoms with E-state index in [9.17, 15) is 9.59 Å². The first kappa shape index (κ1) is 16.2. The maximum atomic E-state index is 11.9. The van der Waals surface area contributed by atoms with Crippen LogP contribution >= 0.6 is 0 Å². The van der Waals surface area contributed by atoms with Crippen LogP contribution in [0.5, 0.6) is 0 Å². The minimum absolute atomic E-state index is 0.0509. The zero-order valence-electron chi connectivity index (χ0n) is 12.3. The number of hydrogen-bond acceptors (Lipinski definition) is 3. The summed E-state index contributed by atoms with van der Waals surface area (Å²) in [5.74, 6) is -0.334. The molecule has 110 valence electrons. The fraction of sp³-hybridized carbons (Fsp3) is 0.467. The third-order valence-corrected chi connectivity index (χ3v) is 2.97. The highest BCUT2D eigenvalue weighted by molar-refractivity contribution is 5.95. The average Bonchev–Trinajstić information content (AvgIpc) is 2.39. The van der Waals surface area contributed by atoms with Crippen LogP contribution in [0.1, 0.15) is 27.2 Å². The number of rotatable bonds is 6. The summed E-state index contributed by atoms with van der Waals surface area (Å²) in [5, 5.41) is 5.62. The lowest BCUT2D eigenvalue weighted by Gasteiger charge is -2.13. The van der Waals surface area contributed by atoms with Crippen LogP contribution in [0, 0.1) is 11.8 Å². The van der Waals surface area contributed by atoms with Crippen molar-refractivity contribution < 1.29 is 9.59 Å². The molecular formula is C15H23N3O2. The Morgan fingerprint density at radius 1 is 1.10 bits per heavy atom. The molecule has 0 bridgehead atoms. The van der Waals surface area contributed by atoms with E-state index in [1.165, 1.54) is 0 Å². The molecule has 0 aliphatic heterocycles. The van der Waals surface area contributed by atoms with E-state index in [1.807, 2.05) is 20.8 Å². The summed E-state index contributed by atoms with van der Waals surface area (Å²) in [6.07, 6.45) is 0.648. The summed E-state index contributed by atoms with van der Waals surface area (Å²) in [6.45, 7) is 5.98. The topological polar surface area (TPSA) is 84.2 Å². The summed E-state index contributed by atoms with van der Waals surface area (Å²) in [4.78, 5) is 23.5. The van der Waals surface area contributed by atoms with Crippen molar-refractivity contribution in [2.24, 2.45) is 17.6 Å². The number of nitrogens with one attached hydrogen (secondary N) is 2. The molecule has 0 aromatic heterocycles. The Balaban J connectivity index is 2.68. The second-order valence-corrected chi connectivity index (χ2v) is 5.19. The molecule has 0 radical (unpaired) electrons. The summed E-state index contributed by atoms with van der Waals surface area (Å²) >= 11 is 0. The highest BCUT2D eigenvalue weighted by Gasteiger charge is 2.12. The van der Waals surface area contributed by atoms with Crippen LogP contribution in [0.4, 0.5) is 11.4 Å². The van der Waals surface area contributed by atoms with Gasteiger partial charge in [0.15, 0.2) is 0 Å². The van der Waals surface area contributed by atoms with Crippen LogP contribution in [0.2, 0.25) is 0 Å². The molecule has 2 amide bonds. The van der Waals surface area contributed by atoms with Crippen molar-refractivity contribution in [1.82, 2.24) is 0 Å². The van der Waals surface area contributed by atoms with Crippen molar-refractivity contribution >= 4 is 23.2 Å². The number of carbonyl (C=O) groups excluding carboxylic acids is 2. The minimum Gasteiger partial charge on any atom is -0.330 e. The van der Waals surface area contributed by atoms with Crippen molar-refractivity contribution in [2.75, 3.05) is 17.2 Å². The number of carbonyl (C=O) groups is 2. The standard InChI is InChI=1S/C15H23N3O2/c1-10(2)14(19)17-12-5-4-6-13(9-12)18-15(20)11(3)7-8-16/h4-6,9-11H,7-8,16H2,1-3H3,(H,17,19)(H,18,20). The molecule has 0 aliphatic carbocycles. The summed E-state index contributed by atoms with van der Waals surface area (Å²) in [6, 6.07) is 7.11. The predicted octanol–water partition coefficient (Wildman–Crippen LogP) is 2.20. The lowest BCUT2D eigenvalue weighted by Crippen LogP contribution is -2.23. The highest BCUT2D eigenvalue weighted by atomic mass is 16.2. The predicted molar refractivity (Wildman–Crippen MR) is 81.4 cm³/mol. The first-order chi connectivity index (χ1) is 9.43. The van der Waals surface area contributed by atoms with Crippen molar-refractivity contribution in [1.29, 1.82) is 0 Å². The fourth-order valence-electron chi connectivity index (χ4n) is 1.61. The van der Waals surface area contributed by atoms with E-state index in [-0.39, 0.29) is 23.7 Å². The molecule has 1 aromatic rings. The first-order valence-corrected chi connectivity index (χ1v) is 6.86. The van der Waals surface area contributed by atoms with Gasteiger partial charge in [-0.15, -0.1) is 0 Å². The Labute approximate surface area is 119 Å². The molecule has 5 nitrogen and oxygen atoms in total.